The molecule has 0 aromatic rings. The van der Waals surface area contributed by atoms with Gasteiger partial charge < -0.3 is 11.1 Å². The summed E-state index contributed by atoms with van der Waals surface area (Å²) in [7, 11) is 0. The van der Waals surface area contributed by atoms with Crippen LogP contribution in [0.15, 0.2) is 0 Å². The molecule has 0 aromatic carbocycles. The summed E-state index contributed by atoms with van der Waals surface area (Å²) in [5, 5.41) is 3.37. The van der Waals surface area contributed by atoms with Crippen molar-refractivity contribution >= 4 is 5.91 Å². The Labute approximate surface area is 86.4 Å². The minimum Gasteiger partial charge on any atom is -0.368 e. The Balaban J connectivity index is 2.63. The monoisotopic (exact) mass is 198 g/mol. The quantitative estimate of drug-likeness (QED) is 0.675. The second-order valence-electron chi connectivity index (χ2n) is 4.74. The zero-order valence-corrected chi connectivity index (χ0v) is 9.47. The van der Waals surface area contributed by atoms with Gasteiger partial charge in [0, 0.05) is 0 Å². The van der Waals surface area contributed by atoms with Gasteiger partial charge in [0.05, 0.1) is 0 Å². The van der Waals surface area contributed by atoms with Crippen LogP contribution in [0, 0.1) is 11.8 Å². The van der Waals surface area contributed by atoms with Crippen LogP contribution in [-0.4, -0.2) is 18.0 Å². The summed E-state index contributed by atoms with van der Waals surface area (Å²) in [6.45, 7) is 7.19. The average molecular weight is 198 g/mol. The molecule has 1 rings (SSSR count). The SMILES string of the molecule is CCC(NCC(C)C)(C(N)=O)C1CC1. The van der Waals surface area contributed by atoms with E-state index in [-0.39, 0.29) is 5.91 Å². The fourth-order valence-corrected chi connectivity index (χ4v) is 1.98. The van der Waals surface area contributed by atoms with Crippen molar-refractivity contribution in [2.24, 2.45) is 17.6 Å². The van der Waals surface area contributed by atoms with Crippen LogP contribution in [0.4, 0.5) is 0 Å². The summed E-state index contributed by atoms with van der Waals surface area (Å²) in [6.07, 6.45) is 3.09. The van der Waals surface area contributed by atoms with Gasteiger partial charge in [0.1, 0.15) is 5.54 Å². The normalized spacial score (nSPS) is 20.9. The molecule has 0 spiro atoms. The van der Waals surface area contributed by atoms with Crippen molar-refractivity contribution in [2.75, 3.05) is 6.54 Å². The molecular formula is C11H22N2O. The van der Waals surface area contributed by atoms with Crippen LogP contribution < -0.4 is 11.1 Å². The molecule has 3 N–H and O–H groups in total. The maximum absolute atomic E-state index is 11.5. The molecule has 0 saturated heterocycles. The van der Waals surface area contributed by atoms with E-state index in [4.69, 9.17) is 5.73 Å². The van der Waals surface area contributed by atoms with Crippen LogP contribution in [-0.2, 0) is 4.79 Å². The predicted octanol–water partition coefficient (Wildman–Crippen LogP) is 1.28. The molecule has 1 unspecified atom stereocenters. The minimum atomic E-state index is -0.426. The van der Waals surface area contributed by atoms with Crippen molar-refractivity contribution in [1.82, 2.24) is 5.32 Å². The van der Waals surface area contributed by atoms with Crippen molar-refractivity contribution in [1.29, 1.82) is 0 Å². The molecule has 0 heterocycles. The van der Waals surface area contributed by atoms with Crippen molar-refractivity contribution in [3.8, 4) is 0 Å². The summed E-state index contributed by atoms with van der Waals surface area (Å²) in [5.74, 6) is 0.853. The summed E-state index contributed by atoms with van der Waals surface area (Å²) in [4.78, 5) is 11.5. The van der Waals surface area contributed by atoms with Gasteiger partial charge in [-0.25, -0.2) is 0 Å². The topological polar surface area (TPSA) is 55.1 Å². The molecule has 1 amide bonds. The molecule has 1 aliphatic carbocycles. The molecule has 1 fully saturated rings. The number of hydrogen-bond acceptors (Lipinski definition) is 2. The molecule has 0 radical (unpaired) electrons. The van der Waals surface area contributed by atoms with Crippen LogP contribution in [0.3, 0.4) is 0 Å². The summed E-state index contributed by atoms with van der Waals surface area (Å²) in [5.41, 5.74) is 5.08. The second-order valence-corrected chi connectivity index (χ2v) is 4.74. The van der Waals surface area contributed by atoms with E-state index in [9.17, 15) is 4.79 Å². The van der Waals surface area contributed by atoms with Gasteiger partial charge in [-0.15, -0.1) is 0 Å². The van der Waals surface area contributed by atoms with Gasteiger partial charge in [-0.2, -0.15) is 0 Å². The lowest BCUT2D eigenvalue weighted by molar-refractivity contribution is -0.125. The third kappa shape index (κ3) is 2.27. The number of nitrogens with one attached hydrogen (secondary N) is 1. The van der Waals surface area contributed by atoms with E-state index in [0.717, 1.165) is 25.8 Å². The molecule has 0 bridgehead atoms. The van der Waals surface area contributed by atoms with Gasteiger partial charge in [-0.1, -0.05) is 20.8 Å². The molecule has 1 atom stereocenters. The molecule has 1 aliphatic rings. The number of rotatable bonds is 6. The van der Waals surface area contributed by atoms with Gasteiger partial charge in [-0.05, 0) is 37.6 Å². The second kappa shape index (κ2) is 4.30. The predicted molar refractivity (Wildman–Crippen MR) is 57.8 cm³/mol. The van der Waals surface area contributed by atoms with E-state index >= 15 is 0 Å². The number of amides is 1. The maximum atomic E-state index is 11.5. The van der Waals surface area contributed by atoms with Gasteiger partial charge in [0.25, 0.3) is 0 Å². The van der Waals surface area contributed by atoms with E-state index in [2.05, 4.69) is 19.2 Å². The zero-order chi connectivity index (χ0) is 10.8. The summed E-state index contributed by atoms with van der Waals surface area (Å²) >= 11 is 0. The first-order valence-corrected chi connectivity index (χ1v) is 5.58. The number of hydrogen-bond donors (Lipinski definition) is 2. The highest BCUT2D eigenvalue weighted by molar-refractivity contribution is 5.85. The third-order valence-electron chi connectivity index (χ3n) is 3.10. The fraction of sp³-hybridized carbons (Fsp3) is 0.909. The standard InChI is InChI=1S/C11H22N2O/c1-4-11(10(12)14,9-5-6-9)13-7-8(2)3/h8-9,13H,4-7H2,1-3H3,(H2,12,14). The Morgan fingerprint density at radius 1 is 1.57 bits per heavy atom. The fourth-order valence-electron chi connectivity index (χ4n) is 1.98. The Kier molecular flexibility index (Phi) is 3.53. The smallest absolute Gasteiger partial charge is 0.238 e. The van der Waals surface area contributed by atoms with Gasteiger partial charge in [0.2, 0.25) is 5.91 Å². The van der Waals surface area contributed by atoms with Gasteiger partial charge in [0.15, 0.2) is 0 Å². The van der Waals surface area contributed by atoms with Crippen molar-refractivity contribution in [3.63, 3.8) is 0 Å². The lowest BCUT2D eigenvalue weighted by Gasteiger charge is -2.31. The third-order valence-corrected chi connectivity index (χ3v) is 3.10. The first-order valence-electron chi connectivity index (χ1n) is 5.58. The number of carbonyl (C=O) groups is 1. The van der Waals surface area contributed by atoms with Crippen LogP contribution in [0.5, 0.6) is 0 Å². The molecule has 82 valence electrons. The number of carbonyl (C=O) groups excluding carboxylic acids is 1. The lowest BCUT2D eigenvalue weighted by atomic mass is 9.88. The molecule has 1 saturated carbocycles. The molecule has 0 aliphatic heterocycles. The average Bonchev–Trinajstić information content (AvgIpc) is 2.89. The van der Waals surface area contributed by atoms with E-state index < -0.39 is 5.54 Å². The highest BCUT2D eigenvalue weighted by Crippen LogP contribution is 2.41. The van der Waals surface area contributed by atoms with Crippen LogP contribution >= 0.6 is 0 Å². The molecule has 3 nitrogen and oxygen atoms in total. The molecular weight excluding hydrogens is 176 g/mol. The van der Waals surface area contributed by atoms with E-state index in [1.54, 1.807) is 0 Å². The van der Waals surface area contributed by atoms with Crippen molar-refractivity contribution < 1.29 is 4.79 Å². The Morgan fingerprint density at radius 3 is 2.43 bits per heavy atom. The minimum absolute atomic E-state index is 0.178. The summed E-state index contributed by atoms with van der Waals surface area (Å²) in [6, 6.07) is 0. The number of nitrogens with two attached hydrogens (primary N) is 1. The highest BCUT2D eigenvalue weighted by atomic mass is 16.1. The van der Waals surface area contributed by atoms with Crippen LogP contribution in [0.2, 0.25) is 0 Å². The van der Waals surface area contributed by atoms with E-state index in [1.165, 1.54) is 0 Å². The molecule has 3 heteroatoms. The Hall–Kier alpha value is -0.570. The first-order chi connectivity index (χ1) is 6.53. The highest BCUT2D eigenvalue weighted by Gasteiger charge is 2.48. The summed E-state index contributed by atoms with van der Waals surface area (Å²) < 4.78 is 0. The number of primary amides is 1. The Bertz CT molecular complexity index is 211. The Morgan fingerprint density at radius 2 is 2.14 bits per heavy atom. The van der Waals surface area contributed by atoms with E-state index in [0.29, 0.717) is 11.8 Å². The van der Waals surface area contributed by atoms with Crippen LogP contribution in [0.1, 0.15) is 40.0 Å². The molecule has 0 aromatic heterocycles. The van der Waals surface area contributed by atoms with Crippen molar-refractivity contribution in [3.05, 3.63) is 0 Å². The largest absolute Gasteiger partial charge is 0.368 e. The van der Waals surface area contributed by atoms with Gasteiger partial charge in [-0.3, -0.25) is 4.79 Å². The van der Waals surface area contributed by atoms with Crippen LogP contribution in [0.25, 0.3) is 0 Å². The zero-order valence-electron chi connectivity index (χ0n) is 9.47. The maximum Gasteiger partial charge on any atom is 0.238 e. The van der Waals surface area contributed by atoms with Crippen molar-refractivity contribution in [2.45, 2.75) is 45.6 Å². The lowest BCUT2D eigenvalue weighted by Crippen LogP contribution is -2.57. The first kappa shape index (κ1) is 11.5. The molecule has 14 heavy (non-hydrogen) atoms. The van der Waals surface area contributed by atoms with E-state index in [1.807, 2.05) is 6.92 Å². The van der Waals surface area contributed by atoms with Gasteiger partial charge >= 0.3 is 0 Å².